The van der Waals surface area contributed by atoms with Gasteiger partial charge in [0.2, 0.25) is 6.41 Å². The normalized spacial score (nSPS) is 13.0. The van der Waals surface area contributed by atoms with Gasteiger partial charge in [-0.15, -0.1) is 0 Å². The lowest BCUT2D eigenvalue weighted by atomic mass is 9.94. The Morgan fingerprint density at radius 2 is 1.60 bits per heavy atom. The van der Waals surface area contributed by atoms with Crippen LogP contribution in [0.2, 0.25) is 0 Å². The minimum absolute atomic E-state index is 0.250. The quantitative estimate of drug-likeness (QED) is 0.146. The lowest BCUT2D eigenvalue weighted by molar-refractivity contribution is -0.106. The Hall–Kier alpha value is -2.83. The van der Waals surface area contributed by atoms with Crippen molar-refractivity contribution in [3.63, 3.8) is 0 Å². The summed E-state index contributed by atoms with van der Waals surface area (Å²) in [7, 11) is 0. The second-order valence-corrected chi connectivity index (χ2v) is 9.46. The molecule has 2 unspecified atom stereocenters. The molecule has 0 spiro atoms. The van der Waals surface area contributed by atoms with Gasteiger partial charge < -0.3 is 10.5 Å². The van der Waals surface area contributed by atoms with Crippen LogP contribution in [0.25, 0.3) is 11.8 Å². The number of amides is 1. The maximum atomic E-state index is 11.1. The van der Waals surface area contributed by atoms with Crippen molar-refractivity contribution in [3.8, 4) is 0 Å². The van der Waals surface area contributed by atoms with E-state index in [-0.39, 0.29) is 6.41 Å². The monoisotopic (exact) mass is 568 g/mol. The number of halogens is 3. The molecular weight excluding hydrogens is 513 g/mol. The first-order valence-corrected chi connectivity index (χ1v) is 14.2. The largest absolute Gasteiger partial charge is 0.462 e. The third kappa shape index (κ3) is 22.0. The molecule has 230 valence electrons. The minimum Gasteiger partial charge on any atom is -0.462 e. The molecule has 0 aliphatic carbocycles. The number of carbonyl (C=O) groups excluding carboxylic acids is 1. The summed E-state index contributed by atoms with van der Waals surface area (Å²) in [5.41, 5.74) is 8.27. The van der Waals surface area contributed by atoms with Crippen LogP contribution in [0.5, 0.6) is 0 Å². The van der Waals surface area contributed by atoms with Crippen molar-refractivity contribution < 1.29 is 22.7 Å². The van der Waals surface area contributed by atoms with Gasteiger partial charge in [-0.2, -0.15) is 0 Å². The van der Waals surface area contributed by atoms with Gasteiger partial charge in [0, 0.05) is 11.3 Å². The van der Waals surface area contributed by atoms with Gasteiger partial charge in [0.15, 0.2) is 6.17 Å². The number of aliphatic imine (C=N–C) groups is 1. The Morgan fingerprint density at radius 1 is 1.07 bits per heavy atom. The summed E-state index contributed by atoms with van der Waals surface area (Å²) in [6.07, 6.45) is 10.2. The summed E-state index contributed by atoms with van der Waals surface area (Å²) in [5, 5.41) is 0. The predicted octanol–water partition coefficient (Wildman–Crippen LogP) is 10.4. The first-order chi connectivity index (χ1) is 19.0. The first kappa shape index (κ1) is 41.6. The molecule has 0 heterocycles. The molecule has 40 heavy (non-hydrogen) atoms. The first-order valence-electron chi connectivity index (χ1n) is 14.2. The second kappa shape index (κ2) is 27.7. The molecule has 0 fully saturated rings. The highest BCUT2D eigenvalue weighted by Crippen LogP contribution is 2.28. The Kier molecular flexibility index (Phi) is 28.9. The van der Waals surface area contributed by atoms with E-state index in [1.165, 1.54) is 19.3 Å². The number of hydrogen-bond acceptors (Lipinski definition) is 3. The van der Waals surface area contributed by atoms with E-state index in [9.17, 15) is 13.2 Å². The molecule has 4 nitrogen and oxygen atoms in total. The van der Waals surface area contributed by atoms with Crippen LogP contribution < -0.4 is 5.73 Å². The Labute approximate surface area is 242 Å². The van der Waals surface area contributed by atoms with E-state index in [1.54, 1.807) is 0 Å². The Bertz CT molecular complexity index is 870. The van der Waals surface area contributed by atoms with Crippen LogP contribution in [0.15, 0.2) is 47.7 Å². The number of nitrogens with two attached hydrogens (primary N) is 1. The fourth-order valence-electron chi connectivity index (χ4n) is 3.10. The highest BCUT2D eigenvalue weighted by atomic mass is 19.2. The van der Waals surface area contributed by atoms with Gasteiger partial charge in [0.1, 0.15) is 19.1 Å². The highest BCUT2D eigenvalue weighted by Gasteiger charge is 2.07. The van der Waals surface area contributed by atoms with Crippen molar-refractivity contribution in [1.82, 2.24) is 0 Å². The molecule has 0 saturated carbocycles. The lowest BCUT2D eigenvalue weighted by Gasteiger charge is -2.12. The summed E-state index contributed by atoms with van der Waals surface area (Å²) in [5.74, 6) is 3.63. The van der Waals surface area contributed by atoms with Crippen LogP contribution in [0.1, 0.15) is 106 Å². The SMILES string of the molecule is C=Cc1ccc(/C(=C/C)O/C(C)=C/CC)cc1N=C(C)CC.CCC(C)CC(C)CC.FCC(F)CF.NC=O. The van der Waals surface area contributed by atoms with Crippen molar-refractivity contribution in [2.45, 2.75) is 101 Å². The number of benzene rings is 1. The van der Waals surface area contributed by atoms with Gasteiger partial charge in [0.05, 0.1) is 11.4 Å². The van der Waals surface area contributed by atoms with E-state index in [2.05, 4.69) is 71.0 Å². The molecule has 0 aliphatic heterocycles. The molecule has 2 N–H and O–H groups in total. The predicted molar refractivity (Wildman–Crippen MR) is 169 cm³/mol. The zero-order valence-corrected chi connectivity index (χ0v) is 26.4. The summed E-state index contributed by atoms with van der Waals surface area (Å²) >= 11 is 0. The standard InChI is InChI=1S/C20H27NO.C9H20.C3H5F3.CH3NO/c1-7-11-16(6)22-20(10-4)18-13-12-17(9-3)19(14-18)21-15(5)8-2;1-5-8(3)7-9(4)6-2;4-1-3(6)2-5;2-1-3/h9-14H,3,7-8H2,1-2,4-6H3;8-9H,5-7H2,1-4H3;3H,1-2H2;1H,(H2,2,3)/b16-11+,20-10-,21-15?;;;. The summed E-state index contributed by atoms with van der Waals surface area (Å²) < 4.78 is 38.6. The lowest BCUT2D eigenvalue weighted by Crippen LogP contribution is -2.03. The number of rotatable bonds is 13. The topological polar surface area (TPSA) is 64.7 Å². The summed E-state index contributed by atoms with van der Waals surface area (Å²) in [6.45, 7) is 20.9. The van der Waals surface area contributed by atoms with Crippen molar-refractivity contribution in [2.75, 3.05) is 13.3 Å². The van der Waals surface area contributed by atoms with E-state index < -0.39 is 19.5 Å². The molecule has 0 bridgehead atoms. The summed E-state index contributed by atoms with van der Waals surface area (Å²) in [4.78, 5) is 13.3. The van der Waals surface area contributed by atoms with Gasteiger partial charge in [-0.25, -0.2) is 13.2 Å². The number of nitrogens with zero attached hydrogens (tertiary/aromatic N) is 1. The number of carbonyl (C=O) groups is 1. The third-order valence-corrected chi connectivity index (χ3v) is 5.92. The molecular formula is C33H55F3N2O2. The maximum absolute atomic E-state index is 11.1. The van der Waals surface area contributed by atoms with Crippen LogP contribution >= 0.6 is 0 Å². The third-order valence-electron chi connectivity index (χ3n) is 5.92. The van der Waals surface area contributed by atoms with Crippen molar-refractivity contribution >= 4 is 29.6 Å². The van der Waals surface area contributed by atoms with E-state index in [0.29, 0.717) is 0 Å². The van der Waals surface area contributed by atoms with Gasteiger partial charge >= 0.3 is 0 Å². The fraction of sp³-hybridized carbons (Fsp3) is 0.576. The molecule has 0 radical (unpaired) electrons. The smallest absolute Gasteiger partial charge is 0.204 e. The molecule has 1 amide bonds. The molecule has 7 heteroatoms. The highest BCUT2D eigenvalue weighted by molar-refractivity contribution is 5.86. The van der Waals surface area contributed by atoms with Gasteiger partial charge in [-0.3, -0.25) is 9.79 Å². The van der Waals surface area contributed by atoms with Crippen LogP contribution in [0.3, 0.4) is 0 Å². The fourth-order valence-corrected chi connectivity index (χ4v) is 3.10. The molecule has 1 aromatic carbocycles. The van der Waals surface area contributed by atoms with E-state index in [1.807, 2.05) is 45.1 Å². The Morgan fingerprint density at radius 3 is 1.95 bits per heavy atom. The molecule has 0 saturated heterocycles. The number of allylic oxidation sites excluding steroid dienone is 3. The average Bonchev–Trinajstić information content (AvgIpc) is 2.96. The molecule has 1 rings (SSSR count). The van der Waals surface area contributed by atoms with Crippen LogP contribution in [-0.4, -0.2) is 31.6 Å². The maximum Gasteiger partial charge on any atom is 0.204 e. The second-order valence-electron chi connectivity index (χ2n) is 9.46. The van der Waals surface area contributed by atoms with Crippen molar-refractivity contribution in [1.29, 1.82) is 0 Å². The van der Waals surface area contributed by atoms with Crippen LogP contribution in [0.4, 0.5) is 18.9 Å². The zero-order chi connectivity index (χ0) is 31.5. The zero-order valence-electron chi connectivity index (χ0n) is 26.4. The van der Waals surface area contributed by atoms with Gasteiger partial charge in [-0.05, 0) is 75.7 Å². The Balaban J connectivity index is -0.000000622. The number of alkyl halides is 3. The summed E-state index contributed by atoms with van der Waals surface area (Å²) in [6, 6.07) is 6.15. The van der Waals surface area contributed by atoms with E-state index in [4.69, 9.17) is 9.53 Å². The number of primary amides is 1. The van der Waals surface area contributed by atoms with Gasteiger partial charge in [0.25, 0.3) is 0 Å². The van der Waals surface area contributed by atoms with E-state index >= 15 is 0 Å². The number of ether oxygens (including phenoxy) is 1. The van der Waals surface area contributed by atoms with Crippen LogP contribution in [0, 0.1) is 11.8 Å². The van der Waals surface area contributed by atoms with E-state index in [0.717, 1.165) is 58.7 Å². The average molecular weight is 569 g/mol. The van der Waals surface area contributed by atoms with Crippen molar-refractivity contribution in [2.24, 2.45) is 22.6 Å². The molecule has 0 aromatic heterocycles. The molecule has 2 atom stereocenters. The minimum atomic E-state index is -1.90. The number of hydrogen-bond donors (Lipinski definition) is 1. The van der Waals surface area contributed by atoms with Gasteiger partial charge in [-0.1, -0.05) is 79.2 Å². The molecule has 1 aromatic rings. The molecule has 0 aliphatic rings. The van der Waals surface area contributed by atoms with Crippen LogP contribution in [-0.2, 0) is 9.53 Å². The van der Waals surface area contributed by atoms with Crippen molar-refractivity contribution in [3.05, 3.63) is 53.8 Å².